The molecule has 0 aliphatic rings. The number of nitrogens with zero attached hydrogens (tertiary/aromatic N) is 2. The quantitative estimate of drug-likeness (QED) is 0.914. The average molecular weight is 306 g/mol. The Hall–Kier alpha value is -1.81. The Labute approximate surface area is 130 Å². The monoisotopic (exact) mass is 305 g/mol. The Morgan fingerprint density at radius 3 is 2.48 bits per heavy atom. The van der Waals surface area contributed by atoms with Crippen LogP contribution in [-0.4, -0.2) is 15.7 Å². The van der Waals surface area contributed by atoms with Gasteiger partial charge in [-0.1, -0.05) is 30.7 Å². The first kappa shape index (κ1) is 15.6. The van der Waals surface area contributed by atoms with Crippen LogP contribution in [0.25, 0.3) is 0 Å². The molecule has 0 bridgehead atoms. The Kier molecular flexibility index (Phi) is 5.02. The predicted octanol–water partition coefficient (Wildman–Crippen LogP) is 3.74. The maximum Gasteiger partial charge on any atom is 0.226 e. The van der Waals surface area contributed by atoms with Gasteiger partial charge in [-0.05, 0) is 38.0 Å². The Bertz CT molecular complexity index is 632. The van der Waals surface area contributed by atoms with E-state index in [1.54, 1.807) is 4.68 Å². The van der Waals surface area contributed by atoms with Crippen LogP contribution >= 0.6 is 11.6 Å². The second kappa shape index (κ2) is 6.76. The van der Waals surface area contributed by atoms with Gasteiger partial charge in [-0.2, -0.15) is 5.10 Å². The number of hydrogen-bond donors (Lipinski definition) is 1. The van der Waals surface area contributed by atoms with Gasteiger partial charge >= 0.3 is 0 Å². The second-order valence-corrected chi connectivity index (χ2v) is 5.43. The van der Waals surface area contributed by atoms with Crippen LogP contribution < -0.4 is 5.32 Å². The fourth-order valence-electron chi connectivity index (χ4n) is 2.15. The van der Waals surface area contributed by atoms with E-state index in [1.165, 1.54) is 5.56 Å². The largest absolute Gasteiger partial charge is 0.326 e. The molecule has 2 aromatic rings. The van der Waals surface area contributed by atoms with Gasteiger partial charge in [0.1, 0.15) is 0 Å². The lowest BCUT2D eigenvalue weighted by molar-refractivity contribution is -0.116. The van der Waals surface area contributed by atoms with E-state index in [1.807, 2.05) is 38.1 Å². The van der Waals surface area contributed by atoms with Gasteiger partial charge in [0, 0.05) is 12.1 Å². The molecule has 0 saturated carbocycles. The third-order valence-corrected chi connectivity index (χ3v) is 4.04. The number of aromatic nitrogens is 2. The average Bonchev–Trinajstić information content (AvgIpc) is 2.73. The van der Waals surface area contributed by atoms with E-state index in [4.69, 9.17) is 11.6 Å². The highest BCUT2D eigenvalue weighted by Crippen LogP contribution is 2.19. The van der Waals surface area contributed by atoms with Crippen molar-refractivity contribution in [1.29, 1.82) is 0 Å². The van der Waals surface area contributed by atoms with E-state index in [-0.39, 0.29) is 5.91 Å². The smallest absolute Gasteiger partial charge is 0.226 e. The molecule has 1 heterocycles. The molecule has 0 fully saturated rings. The highest BCUT2D eigenvalue weighted by atomic mass is 35.5. The summed E-state index contributed by atoms with van der Waals surface area (Å²) in [5.74, 6) is -0.0251. The van der Waals surface area contributed by atoms with E-state index >= 15 is 0 Å². The van der Waals surface area contributed by atoms with E-state index < -0.39 is 0 Å². The molecule has 2 rings (SSSR count). The lowest BCUT2D eigenvalue weighted by atomic mass is 10.1. The Morgan fingerprint density at radius 1 is 1.29 bits per heavy atom. The lowest BCUT2D eigenvalue weighted by Crippen LogP contribution is -2.15. The van der Waals surface area contributed by atoms with Crippen molar-refractivity contribution in [2.24, 2.45) is 0 Å². The minimum atomic E-state index is -0.0251. The van der Waals surface area contributed by atoms with Gasteiger partial charge in [0.25, 0.3) is 0 Å². The maximum absolute atomic E-state index is 12.0. The number of amides is 1. The van der Waals surface area contributed by atoms with Crippen molar-refractivity contribution in [3.63, 3.8) is 0 Å². The maximum atomic E-state index is 12.0. The first-order valence-electron chi connectivity index (χ1n) is 7.09. The molecule has 112 valence electrons. The zero-order valence-electron chi connectivity index (χ0n) is 12.6. The summed E-state index contributed by atoms with van der Waals surface area (Å²) in [5, 5.41) is 7.88. The summed E-state index contributed by atoms with van der Waals surface area (Å²) in [5.41, 5.74) is 3.77. The molecule has 0 aliphatic heterocycles. The molecule has 4 nitrogen and oxygen atoms in total. The molecule has 1 amide bonds. The first-order valence-corrected chi connectivity index (χ1v) is 7.47. The van der Waals surface area contributed by atoms with Gasteiger partial charge in [-0.15, -0.1) is 0 Å². The molecule has 1 aromatic carbocycles. The summed E-state index contributed by atoms with van der Waals surface area (Å²) in [6.07, 6.45) is 1.36. The molecule has 1 N–H and O–H groups in total. The summed E-state index contributed by atoms with van der Waals surface area (Å²) in [6.45, 7) is 6.40. The molecule has 0 aliphatic carbocycles. The lowest BCUT2D eigenvalue weighted by Gasteiger charge is -2.07. The molecule has 0 radical (unpaired) electrons. The van der Waals surface area contributed by atoms with Gasteiger partial charge < -0.3 is 5.32 Å². The van der Waals surface area contributed by atoms with Gasteiger partial charge in [-0.3, -0.25) is 9.48 Å². The molecule has 0 saturated heterocycles. The van der Waals surface area contributed by atoms with Gasteiger partial charge in [0.15, 0.2) is 0 Å². The first-order chi connectivity index (χ1) is 10.0. The van der Waals surface area contributed by atoms with Crippen LogP contribution in [0, 0.1) is 13.8 Å². The third-order valence-electron chi connectivity index (χ3n) is 3.49. The van der Waals surface area contributed by atoms with Gasteiger partial charge in [0.2, 0.25) is 5.91 Å². The van der Waals surface area contributed by atoms with E-state index in [9.17, 15) is 4.79 Å². The number of carbonyl (C=O) groups excluding carboxylic acids is 1. The van der Waals surface area contributed by atoms with E-state index in [2.05, 4.69) is 17.3 Å². The highest BCUT2D eigenvalue weighted by molar-refractivity contribution is 6.31. The number of rotatable bonds is 5. The van der Waals surface area contributed by atoms with Crippen molar-refractivity contribution in [3.8, 4) is 0 Å². The Balaban J connectivity index is 1.91. The molecule has 21 heavy (non-hydrogen) atoms. The summed E-state index contributed by atoms with van der Waals surface area (Å²) >= 11 is 6.09. The SMILES string of the molecule is CCc1ccc(NC(=O)CCn2nc(C)c(Cl)c2C)cc1. The van der Waals surface area contributed by atoms with Crippen LogP contribution in [0.5, 0.6) is 0 Å². The molecule has 0 atom stereocenters. The molecular weight excluding hydrogens is 286 g/mol. The normalized spacial score (nSPS) is 10.7. The van der Waals surface area contributed by atoms with Crippen LogP contribution in [0.1, 0.15) is 30.3 Å². The summed E-state index contributed by atoms with van der Waals surface area (Å²) in [6, 6.07) is 7.90. The van der Waals surface area contributed by atoms with E-state index in [0.717, 1.165) is 23.5 Å². The number of carbonyl (C=O) groups is 1. The zero-order chi connectivity index (χ0) is 15.4. The summed E-state index contributed by atoms with van der Waals surface area (Å²) < 4.78 is 1.78. The van der Waals surface area contributed by atoms with Crippen LogP contribution in [0.2, 0.25) is 5.02 Å². The van der Waals surface area contributed by atoms with Crippen LogP contribution in [0.15, 0.2) is 24.3 Å². The third kappa shape index (κ3) is 3.85. The summed E-state index contributed by atoms with van der Waals surface area (Å²) in [4.78, 5) is 12.0. The van der Waals surface area contributed by atoms with Crippen molar-refractivity contribution >= 4 is 23.2 Å². The fraction of sp³-hybridized carbons (Fsp3) is 0.375. The second-order valence-electron chi connectivity index (χ2n) is 5.06. The van der Waals surface area contributed by atoms with Crippen molar-refractivity contribution in [3.05, 3.63) is 46.2 Å². The predicted molar refractivity (Wildman–Crippen MR) is 85.8 cm³/mol. The topological polar surface area (TPSA) is 46.9 Å². The number of benzene rings is 1. The fourth-order valence-corrected chi connectivity index (χ4v) is 2.28. The Morgan fingerprint density at radius 2 is 1.95 bits per heavy atom. The molecule has 0 spiro atoms. The molecular formula is C16H20ClN3O. The molecule has 0 unspecified atom stereocenters. The van der Waals surface area contributed by atoms with Crippen molar-refractivity contribution in [2.75, 3.05) is 5.32 Å². The number of anilines is 1. The van der Waals surface area contributed by atoms with Crippen molar-refractivity contribution < 1.29 is 4.79 Å². The highest BCUT2D eigenvalue weighted by Gasteiger charge is 2.10. The van der Waals surface area contributed by atoms with Gasteiger partial charge in [0.05, 0.1) is 23.0 Å². The van der Waals surface area contributed by atoms with Crippen molar-refractivity contribution in [2.45, 2.75) is 40.2 Å². The van der Waals surface area contributed by atoms with Crippen LogP contribution in [0.3, 0.4) is 0 Å². The molecule has 1 aromatic heterocycles. The number of halogens is 1. The number of aryl methyl sites for hydroxylation is 3. The minimum absolute atomic E-state index is 0.0251. The zero-order valence-corrected chi connectivity index (χ0v) is 13.4. The van der Waals surface area contributed by atoms with Crippen LogP contribution in [-0.2, 0) is 17.8 Å². The van der Waals surface area contributed by atoms with E-state index in [0.29, 0.717) is 18.0 Å². The van der Waals surface area contributed by atoms with Gasteiger partial charge in [-0.25, -0.2) is 0 Å². The molecule has 5 heteroatoms. The number of nitrogens with one attached hydrogen (secondary N) is 1. The van der Waals surface area contributed by atoms with Crippen LogP contribution in [0.4, 0.5) is 5.69 Å². The van der Waals surface area contributed by atoms with Crippen molar-refractivity contribution in [1.82, 2.24) is 9.78 Å². The standard InChI is InChI=1S/C16H20ClN3O/c1-4-13-5-7-14(8-6-13)18-15(21)9-10-20-12(3)16(17)11(2)19-20/h5-8H,4,9-10H2,1-3H3,(H,18,21). The number of hydrogen-bond acceptors (Lipinski definition) is 2. The minimum Gasteiger partial charge on any atom is -0.326 e. The summed E-state index contributed by atoms with van der Waals surface area (Å²) in [7, 11) is 0.